The van der Waals surface area contributed by atoms with Crippen LogP contribution in [0.15, 0.2) is 0 Å². The molecule has 0 heterocycles. The first-order valence-corrected chi connectivity index (χ1v) is 11.9. The Morgan fingerprint density at radius 2 is 1.06 bits per heavy atom. The van der Waals surface area contributed by atoms with E-state index in [1.807, 2.05) is 0 Å². The van der Waals surface area contributed by atoms with Crippen LogP contribution >= 0.6 is 0 Å². The molecular weight excluding hydrogens is 236 g/mol. The van der Waals surface area contributed by atoms with Gasteiger partial charge in [0.2, 0.25) is 0 Å². The van der Waals surface area contributed by atoms with Gasteiger partial charge in [0.25, 0.3) is 16.6 Å². The predicted molar refractivity (Wildman–Crippen MR) is 72.7 cm³/mol. The third-order valence-electron chi connectivity index (χ3n) is 3.65. The Balaban J connectivity index is 4.38. The van der Waals surface area contributed by atoms with E-state index < -0.39 is 22.8 Å². The van der Waals surface area contributed by atoms with E-state index in [9.17, 15) is 4.79 Å². The van der Waals surface area contributed by atoms with Crippen LogP contribution < -0.4 is 0 Å². The molecular formula is C11H26O3Si2. The molecule has 0 saturated carbocycles. The molecule has 0 atom stereocenters. The lowest BCUT2D eigenvalue weighted by Crippen LogP contribution is -2.41. The van der Waals surface area contributed by atoms with E-state index in [1.165, 1.54) is 0 Å². The second kappa shape index (κ2) is 6.44. The molecule has 0 bridgehead atoms. The van der Waals surface area contributed by atoms with E-state index in [2.05, 4.69) is 40.8 Å². The van der Waals surface area contributed by atoms with Gasteiger partial charge in [0, 0.05) is 0 Å². The molecule has 0 aromatic rings. The number of hydrogen-bond donors (Lipinski definition) is 0. The maximum atomic E-state index is 11.7. The van der Waals surface area contributed by atoms with Crippen molar-refractivity contribution in [3.8, 4) is 0 Å². The number of hydrogen-bond acceptors (Lipinski definition) is 3. The minimum absolute atomic E-state index is 0.421. The van der Waals surface area contributed by atoms with Gasteiger partial charge in [-0.2, -0.15) is 0 Å². The van der Waals surface area contributed by atoms with Gasteiger partial charge in [0.1, 0.15) is 0 Å². The summed E-state index contributed by atoms with van der Waals surface area (Å²) in [6.07, 6.45) is -0.421. The van der Waals surface area contributed by atoms with Crippen LogP contribution in [-0.2, 0) is 8.85 Å². The highest BCUT2D eigenvalue weighted by Crippen LogP contribution is 2.21. The zero-order chi connectivity index (χ0) is 12.8. The van der Waals surface area contributed by atoms with Crippen LogP contribution in [0.5, 0.6) is 0 Å². The fraction of sp³-hybridized carbons (Fsp3) is 0.909. The smallest absolute Gasteiger partial charge is 0.480 e. The van der Waals surface area contributed by atoms with Gasteiger partial charge >= 0.3 is 6.16 Å². The quantitative estimate of drug-likeness (QED) is 0.667. The van der Waals surface area contributed by atoms with E-state index in [-0.39, 0.29) is 0 Å². The molecule has 16 heavy (non-hydrogen) atoms. The standard InChI is InChI=1S/C11H26O3Si2/c1-7-15(5,8-2)13-11(12)14-16(6,9-3)10-4/h7-10H2,1-6H3. The molecule has 0 N–H and O–H groups in total. The number of carbonyl (C=O) groups excluding carboxylic acids is 1. The van der Waals surface area contributed by atoms with Crippen molar-refractivity contribution in [1.29, 1.82) is 0 Å². The molecule has 0 saturated heterocycles. The predicted octanol–water partition coefficient (Wildman–Crippen LogP) is 4.37. The van der Waals surface area contributed by atoms with Gasteiger partial charge in [0.05, 0.1) is 0 Å². The Hall–Kier alpha value is -0.296. The molecule has 0 radical (unpaired) electrons. The SMILES string of the molecule is CC[Si](C)(CC)OC(=O)O[Si](C)(CC)CC. The highest BCUT2D eigenvalue weighted by atomic mass is 28.4. The molecule has 5 heteroatoms. The summed E-state index contributed by atoms with van der Waals surface area (Å²) in [5.74, 6) is 0. The zero-order valence-corrected chi connectivity index (χ0v) is 13.6. The minimum atomic E-state index is -1.84. The number of rotatable bonds is 6. The van der Waals surface area contributed by atoms with Crippen LogP contribution in [0.2, 0.25) is 37.3 Å². The van der Waals surface area contributed by atoms with Crippen molar-refractivity contribution in [3.63, 3.8) is 0 Å². The molecule has 0 spiro atoms. The Morgan fingerprint density at radius 1 is 0.812 bits per heavy atom. The highest BCUT2D eigenvalue weighted by molar-refractivity contribution is 6.75. The molecule has 0 amide bonds. The lowest BCUT2D eigenvalue weighted by Gasteiger charge is -2.29. The third kappa shape index (κ3) is 4.69. The van der Waals surface area contributed by atoms with E-state index in [4.69, 9.17) is 8.85 Å². The second-order valence-electron chi connectivity index (χ2n) is 4.77. The van der Waals surface area contributed by atoms with Crippen LogP contribution in [0, 0.1) is 0 Å². The molecule has 3 nitrogen and oxygen atoms in total. The Labute approximate surface area is 102 Å². The number of carbonyl (C=O) groups is 1. The summed E-state index contributed by atoms with van der Waals surface area (Å²) in [4.78, 5) is 11.7. The first-order chi connectivity index (χ1) is 7.34. The monoisotopic (exact) mass is 262 g/mol. The van der Waals surface area contributed by atoms with Crippen molar-refractivity contribution in [2.45, 2.75) is 65.0 Å². The molecule has 96 valence electrons. The Morgan fingerprint density at radius 3 is 1.25 bits per heavy atom. The van der Waals surface area contributed by atoms with Crippen molar-refractivity contribution in [2.75, 3.05) is 0 Å². The summed E-state index contributed by atoms with van der Waals surface area (Å²) in [6.45, 7) is 12.5. The van der Waals surface area contributed by atoms with E-state index in [1.54, 1.807) is 0 Å². The van der Waals surface area contributed by atoms with Gasteiger partial charge in [-0.25, -0.2) is 4.79 Å². The van der Waals surface area contributed by atoms with Gasteiger partial charge in [0.15, 0.2) is 0 Å². The van der Waals surface area contributed by atoms with Crippen LogP contribution in [0.3, 0.4) is 0 Å². The summed E-state index contributed by atoms with van der Waals surface area (Å²) >= 11 is 0. The van der Waals surface area contributed by atoms with Crippen molar-refractivity contribution in [3.05, 3.63) is 0 Å². The molecule has 0 aromatic heterocycles. The first-order valence-electron chi connectivity index (χ1n) is 6.26. The third-order valence-corrected chi connectivity index (χ3v) is 11.0. The van der Waals surface area contributed by atoms with Crippen molar-refractivity contribution in [1.82, 2.24) is 0 Å². The lowest BCUT2D eigenvalue weighted by molar-refractivity contribution is 0.145. The average Bonchev–Trinajstić information content (AvgIpc) is 2.28. The summed E-state index contributed by atoms with van der Waals surface area (Å²) in [7, 11) is -3.68. The van der Waals surface area contributed by atoms with Crippen molar-refractivity contribution >= 4 is 22.8 Å². The molecule has 0 unspecified atom stereocenters. The van der Waals surface area contributed by atoms with Crippen LogP contribution in [0.25, 0.3) is 0 Å². The lowest BCUT2D eigenvalue weighted by atomic mass is 10.9. The van der Waals surface area contributed by atoms with Crippen LogP contribution in [0.4, 0.5) is 4.79 Å². The van der Waals surface area contributed by atoms with Crippen molar-refractivity contribution in [2.24, 2.45) is 0 Å². The molecule has 0 aromatic carbocycles. The fourth-order valence-corrected chi connectivity index (χ4v) is 3.76. The maximum Gasteiger partial charge on any atom is 0.480 e. The second-order valence-corrected chi connectivity index (χ2v) is 13.8. The van der Waals surface area contributed by atoms with Gasteiger partial charge in [-0.15, -0.1) is 0 Å². The zero-order valence-electron chi connectivity index (χ0n) is 11.6. The Bertz CT molecular complexity index is 201. The van der Waals surface area contributed by atoms with Crippen LogP contribution in [-0.4, -0.2) is 22.8 Å². The van der Waals surface area contributed by atoms with Gasteiger partial charge in [-0.3, -0.25) is 0 Å². The van der Waals surface area contributed by atoms with E-state index in [0.717, 1.165) is 24.2 Å². The largest absolute Gasteiger partial charge is 0.490 e. The van der Waals surface area contributed by atoms with Crippen molar-refractivity contribution < 1.29 is 13.6 Å². The van der Waals surface area contributed by atoms with E-state index in [0.29, 0.717) is 0 Å². The fourth-order valence-electron chi connectivity index (χ4n) is 1.21. The summed E-state index contributed by atoms with van der Waals surface area (Å²) < 4.78 is 11.1. The average molecular weight is 262 g/mol. The van der Waals surface area contributed by atoms with Gasteiger partial charge < -0.3 is 8.85 Å². The topological polar surface area (TPSA) is 35.5 Å². The maximum absolute atomic E-state index is 11.7. The minimum Gasteiger partial charge on any atom is -0.490 e. The van der Waals surface area contributed by atoms with E-state index >= 15 is 0 Å². The summed E-state index contributed by atoms with van der Waals surface area (Å²) in [6, 6.07) is 3.81. The van der Waals surface area contributed by atoms with Gasteiger partial charge in [-0.05, 0) is 37.3 Å². The first kappa shape index (κ1) is 15.7. The molecule has 0 aliphatic carbocycles. The molecule has 0 aliphatic rings. The summed E-state index contributed by atoms with van der Waals surface area (Å²) in [5.41, 5.74) is 0. The molecule has 0 fully saturated rings. The highest BCUT2D eigenvalue weighted by Gasteiger charge is 2.34. The molecule has 0 aliphatic heterocycles. The normalized spacial score (nSPS) is 12.4. The molecule has 0 rings (SSSR count). The summed E-state index contributed by atoms with van der Waals surface area (Å²) in [5, 5.41) is 0. The Kier molecular flexibility index (Phi) is 6.32. The van der Waals surface area contributed by atoms with Gasteiger partial charge in [-0.1, -0.05) is 27.7 Å². The van der Waals surface area contributed by atoms with Crippen LogP contribution in [0.1, 0.15) is 27.7 Å².